The molecule has 0 aromatic carbocycles. The molecule has 0 unspecified atom stereocenters. The maximum atomic E-state index is 10.0. The standard InChI is InChI=1S/C5H11NO2.C5H10O/c1-5(2,3)8-4(6)7;1-2-3-4-5-6/h1-3H3,(H2,6,7);3-4,6H,2,5H2,1H3/b;4-3+. The summed E-state index contributed by atoms with van der Waals surface area (Å²) in [6.07, 6.45) is 3.96. The lowest BCUT2D eigenvalue weighted by Gasteiger charge is -2.16. The van der Waals surface area contributed by atoms with Crippen LogP contribution in [0.5, 0.6) is 0 Å². The third-order valence-electron chi connectivity index (χ3n) is 0.915. The summed E-state index contributed by atoms with van der Waals surface area (Å²) in [5.41, 5.74) is 4.26. The van der Waals surface area contributed by atoms with Crippen molar-refractivity contribution in [2.75, 3.05) is 6.61 Å². The highest BCUT2D eigenvalue weighted by atomic mass is 16.6. The van der Waals surface area contributed by atoms with Crippen molar-refractivity contribution in [3.63, 3.8) is 0 Å². The molecule has 0 aromatic rings. The van der Waals surface area contributed by atoms with Gasteiger partial charge in [-0.15, -0.1) is 0 Å². The molecule has 0 saturated carbocycles. The molecule has 1 amide bonds. The molecule has 0 bridgehead atoms. The highest BCUT2D eigenvalue weighted by Gasteiger charge is 2.12. The van der Waals surface area contributed by atoms with Crippen molar-refractivity contribution in [3.8, 4) is 0 Å². The van der Waals surface area contributed by atoms with Gasteiger partial charge < -0.3 is 15.6 Å². The molecule has 0 atom stereocenters. The first-order valence-corrected chi connectivity index (χ1v) is 4.57. The number of nitrogens with two attached hydrogens (primary N) is 1. The number of aliphatic hydroxyl groups excluding tert-OH is 1. The summed E-state index contributed by atoms with van der Waals surface area (Å²) in [7, 11) is 0. The number of carbonyl (C=O) groups is 1. The van der Waals surface area contributed by atoms with Crippen molar-refractivity contribution in [1.82, 2.24) is 0 Å². The van der Waals surface area contributed by atoms with Gasteiger partial charge >= 0.3 is 6.09 Å². The van der Waals surface area contributed by atoms with Gasteiger partial charge in [-0.2, -0.15) is 0 Å². The maximum Gasteiger partial charge on any atom is 0.405 e. The van der Waals surface area contributed by atoms with Gasteiger partial charge in [0.1, 0.15) is 5.60 Å². The van der Waals surface area contributed by atoms with Crippen LogP contribution in [0.15, 0.2) is 12.2 Å². The largest absolute Gasteiger partial charge is 0.444 e. The molecule has 0 aliphatic rings. The lowest BCUT2D eigenvalue weighted by molar-refractivity contribution is 0.0600. The zero-order chi connectivity index (χ0) is 11.6. The first-order chi connectivity index (χ1) is 6.33. The van der Waals surface area contributed by atoms with Crippen LogP contribution < -0.4 is 5.73 Å². The van der Waals surface area contributed by atoms with Gasteiger partial charge in [-0.05, 0) is 27.2 Å². The molecule has 4 nitrogen and oxygen atoms in total. The van der Waals surface area contributed by atoms with E-state index in [1.807, 2.05) is 13.0 Å². The topological polar surface area (TPSA) is 72.5 Å². The number of hydrogen-bond acceptors (Lipinski definition) is 3. The summed E-state index contributed by atoms with van der Waals surface area (Å²) in [4.78, 5) is 10.0. The summed E-state index contributed by atoms with van der Waals surface area (Å²) in [5.74, 6) is 0. The zero-order valence-corrected chi connectivity index (χ0v) is 9.41. The van der Waals surface area contributed by atoms with Crippen molar-refractivity contribution in [3.05, 3.63) is 12.2 Å². The molecule has 0 aliphatic heterocycles. The van der Waals surface area contributed by atoms with E-state index in [1.54, 1.807) is 26.8 Å². The number of rotatable bonds is 2. The van der Waals surface area contributed by atoms with Crippen LogP contribution in [0.2, 0.25) is 0 Å². The van der Waals surface area contributed by atoms with Crippen LogP contribution >= 0.6 is 0 Å². The summed E-state index contributed by atoms with van der Waals surface area (Å²) >= 11 is 0. The fourth-order valence-corrected chi connectivity index (χ4v) is 0.543. The van der Waals surface area contributed by atoms with Crippen molar-refractivity contribution >= 4 is 6.09 Å². The Hall–Kier alpha value is -1.03. The van der Waals surface area contributed by atoms with Crippen LogP contribution in [0.25, 0.3) is 0 Å². The van der Waals surface area contributed by atoms with Crippen LogP contribution in [0, 0.1) is 0 Å². The predicted octanol–water partition coefficient (Wildman–Crippen LogP) is 1.83. The summed E-state index contributed by atoms with van der Waals surface area (Å²) in [5, 5.41) is 8.11. The van der Waals surface area contributed by atoms with Gasteiger partial charge in [-0.3, -0.25) is 0 Å². The Kier molecular flexibility index (Phi) is 9.45. The molecule has 0 aromatic heterocycles. The minimum Gasteiger partial charge on any atom is -0.444 e. The monoisotopic (exact) mass is 203 g/mol. The van der Waals surface area contributed by atoms with Crippen LogP contribution in [0.1, 0.15) is 34.1 Å². The Balaban J connectivity index is 0. The second-order valence-electron chi connectivity index (χ2n) is 3.60. The van der Waals surface area contributed by atoms with E-state index in [-0.39, 0.29) is 6.61 Å². The van der Waals surface area contributed by atoms with E-state index >= 15 is 0 Å². The number of ether oxygens (including phenoxy) is 1. The molecule has 84 valence electrons. The second kappa shape index (κ2) is 8.56. The minimum absolute atomic E-state index is 0.174. The Morgan fingerprint density at radius 1 is 1.43 bits per heavy atom. The summed E-state index contributed by atoms with van der Waals surface area (Å²) in [6, 6.07) is 0. The molecule has 0 rings (SSSR count). The van der Waals surface area contributed by atoms with Crippen molar-refractivity contribution < 1.29 is 14.6 Å². The molecule has 0 heterocycles. The number of carbonyl (C=O) groups excluding carboxylic acids is 1. The van der Waals surface area contributed by atoms with Gasteiger partial charge in [-0.25, -0.2) is 4.79 Å². The van der Waals surface area contributed by atoms with Crippen LogP contribution in [-0.2, 0) is 4.74 Å². The Labute approximate surface area is 85.7 Å². The normalized spacial score (nSPS) is 10.6. The van der Waals surface area contributed by atoms with Crippen LogP contribution in [-0.4, -0.2) is 23.4 Å². The molecular weight excluding hydrogens is 182 g/mol. The third kappa shape index (κ3) is 22.4. The van der Waals surface area contributed by atoms with Crippen molar-refractivity contribution in [2.45, 2.75) is 39.7 Å². The first-order valence-electron chi connectivity index (χ1n) is 4.57. The van der Waals surface area contributed by atoms with Crippen LogP contribution in [0.4, 0.5) is 4.79 Å². The zero-order valence-electron chi connectivity index (χ0n) is 9.41. The van der Waals surface area contributed by atoms with Gasteiger partial charge in [0, 0.05) is 0 Å². The summed E-state index contributed by atoms with van der Waals surface area (Å²) < 4.78 is 4.58. The molecule has 4 heteroatoms. The number of allylic oxidation sites excluding steroid dienone is 1. The van der Waals surface area contributed by atoms with E-state index in [1.165, 1.54) is 0 Å². The molecule has 0 radical (unpaired) electrons. The molecule has 0 spiro atoms. The Morgan fingerprint density at radius 3 is 2.00 bits per heavy atom. The molecular formula is C10H21NO3. The van der Waals surface area contributed by atoms with E-state index in [0.717, 1.165) is 6.42 Å². The van der Waals surface area contributed by atoms with Gasteiger partial charge in [-0.1, -0.05) is 19.1 Å². The highest BCUT2D eigenvalue weighted by molar-refractivity contribution is 5.65. The van der Waals surface area contributed by atoms with Gasteiger partial charge in [0.05, 0.1) is 6.61 Å². The second-order valence-corrected chi connectivity index (χ2v) is 3.60. The van der Waals surface area contributed by atoms with E-state index in [0.29, 0.717) is 0 Å². The third-order valence-corrected chi connectivity index (χ3v) is 0.915. The van der Waals surface area contributed by atoms with Crippen molar-refractivity contribution in [2.24, 2.45) is 5.73 Å². The highest BCUT2D eigenvalue weighted by Crippen LogP contribution is 2.04. The fourth-order valence-electron chi connectivity index (χ4n) is 0.543. The van der Waals surface area contributed by atoms with E-state index in [2.05, 4.69) is 4.74 Å². The molecule has 0 saturated heterocycles. The minimum atomic E-state index is -0.725. The Morgan fingerprint density at radius 2 is 1.93 bits per heavy atom. The number of amides is 1. The number of hydrogen-bond donors (Lipinski definition) is 2. The predicted molar refractivity (Wildman–Crippen MR) is 56.9 cm³/mol. The molecule has 3 N–H and O–H groups in total. The maximum absolute atomic E-state index is 10.0. The first kappa shape index (κ1) is 15.4. The number of primary amides is 1. The molecule has 0 aliphatic carbocycles. The lowest BCUT2D eigenvalue weighted by atomic mass is 10.2. The fraction of sp³-hybridized carbons (Fsp3) is 0.700. The van der Waals surface area contributed by atoms with Crippen molar-refractivity contribution in [1.29, 1.82) is 0 Å². The van der Waals surface area contributed by atoms with Gasteiger partial charge in [0.15, 0.2) is 0 Å². The number of aliphatic hydroxyl groups is 1. The van der Waals surface area contributed by atoms with E-state index in [9.17, 15) is 4.79 Å². The lowest BCUT2D eigenvalue weighted by Crippen LogP contribution is -2.27. The van der Waals surface area contributed by atoms with Gasteiger partial charge in [0.25, 0.3) is 0 Å². The SMILES string of the molecule is CC(C)(C)OC(N)=O.CC/C=C/CO. The van der Waals surface area contributed by atoms with E-state index in [4.69, 9.17) is 10.8 Å². The summed E-state index contributed by atoms with van der Waals surface area (Å²) in [6.45, 7) is 7.49. The smallest absolute Gasteiger partial charge is 0.405 e. The Bertz CT molecular complexity index is 165. The average Bonchev–Trinajstić information content (AvgIpc) is 1.97. The quantitative estimate of drug-likeness (QED) is 0.672. The van der Waals surface area contributed by atoms with Gasteiger partial charge in [0.2, 0.25) is 0 Å². The average molecular weight is 203 g/mol. The van der Waals surface area contributed by atoms with E-state index < -0.39 is 11.7 Å². The van der Waals surface area contributed by atoms with Crippen LogP contribution in [0.3, 0.4) is 0 Å². The molecule has 0 fully saturated rings. The molecule has 14 heavy (non-hydrogen) atoms.